The standard InChI is InChI=1S/C17H30N4OS/c1-14(21-11-9-19(3)10-12-21)5-6-17(22)20(4)8-7-16-15(2)18-13-23-16/h13-14H,5-12H2,1-4H3/t14-/m0/s1. The zero-order valence-electron chi connectivity index (χ0n) is 14.9. The van der Waals surface area contributed by atoms with Gasteiger partial charge in [-0.25, -0.2) is 4.98 Å². The maximum Gasteiger partial charge on any atom is 0.222 e. The smallest absolute Gasteiger partial charge is 0.222 e. The van der Waals surface area contributed by atoms with Gasteiger partial charge in [-0.3, -0.25) is 9.69 Å². The molecule has 0 unspecified atom stereocenters. The summed E-state index contributed by atoms with van der Waals surface area (Å²) in [6.07, 6.45) is 2.50. The Balaban J connectivity index is 1.68. The van der Waals surface area contributed by atoms with E-state index >= 15 is 0 Å². The number of piperazine rings is 1. The van der Waals surface area contributed by atoms with Crippen LogP contribution >= 0.6 is 11.3 Å². The number of thiazole rings is 1. The first-order valence-electron chi connectivity index (χ1n) is 8.53. The van der Waals surface area contributed by atoms with Crippen molar-refractivity contribution >= 4 is 17.2 Å². The second kappa shape index (κ2) is 8.76. The van der Waals surface area contributed by atoms with Crippen LogP contribution in [0, 0.1) is 6.92 Å². The summed E-state index contributed by atoms with van der Waals surface area (Å²) in [7, 11) is 4.09. The number of rotatable bonds is 7. The molecule has 0 bridgehead atoms. The summed E-state index contributed by atoms with van der Waals surface area (Å²) in [6, 6.07) is 0.491. The van der Waals surface area contributed by atoms with E-state index in [-0.39, 0.29) is 5.91 Å². The maximum atomic E-state index is 12.3. The van der Waals surface area contributed by atoms with Crippen molar-refractivity contribution in [1.82, 2.24) is 19.7 Å². The predicted octanol–water partition coefficient (Wildman–Crippen LogP) is 1.87. The molecule has 1 aromatic heterocycles. The topological polar surface area (TPSA) is 39.7 Å². The Morgan fingerprint density at radius 1 is 1.39 bits per heavy atom. The molecule has 2 heterocycles. The minimum Gasteiger partial charge on any atom is -0.345 e. The minimum absolute atomic E-state index is 0.258. The van der Waals surface area contributed by atoms with Crippen molar-refractivity contribution in [2.75, 3.05) is 46.8 Å². The Labute approximate surface area is 144 Å². The summed E-state index contributed by atoms with van der Waals surface area (Å²) in [5.41, 5.74) is 2.98. The third-order valence-electron chi connectivity index (χ3n) is 4.88. The lowest BCUT2D eigenvalue weighted by Crippen LogP contribution is -2.48. The van der Waals surface area contributed by atoms with Crippen LogP contribution in [0.25, 0.3) is 0 Å². The number of likely N-dealkylation sites (N-methyl/N-ethyl adjacent to an activating group) is 2. The first-order valence-corrected chi connectivity index (χ1v) is 9.41. The van der Waals surface area contributed by atoms with Gasteiger partial charge in [0, 0.05) is 63.5 Å². The quantitative estimate of drug-likeness (QED) is 0.761. The van der Waals surface area contributed by atoms with E-state index in [9.17, 15) is 4.79 Å². The van der Waals surface area contributed by atoms with Gasteiger partial charge in [0.2, 0.25) is 5.91 Å². The molecule has 1 aromatic rings. The molecule has 0 radical (unpaired) electrons. The highest BCUT2D eigenvalue weighted by atomic mass is 32.1. The molecule has 5 nitrogen and oxygen atoms in total. The number of nitrogens with zero attached hydrogens (tertiary/aromatic N) is 4. The Hall–Kier alpha value is -0.980. The molecule has 1 aliphatic rings. The minimum atomic E-state index is 0.258. The molecule has 1 fully saturated rings. The summed E-state index contributed by atoms with van der Waals surface area (Å²) in [4.78, 5) is 24.6. The summed E-state index contributed by atoms with van der Waals surface area (Å²) in [6.45, 7) is 9.56. The van der Waals surface area contributed by atoms with E-state index in [1.54, 1.807) is 11.3 Å². The monoisotopic (exact) mass is 338 g/mol. The number of hydrogen-bond acceptors (Lipinski definition) is 5. The summed E-state index contributed by atoms with van der Waals surface area (Å²) in [5, 5.41) is 0. The normalized spacial score (nSPS) is 18.1. The van der Waals surface area contributed by atoms with E-state index in [4.69, 9.17) is 0 Å². The van der Waals surface area contributed by atoms with Crippen LogP contribution in [0.4, 0.5) is 0 Å². The van der Waals surface area contributed by atoms with Gasteiger partial charge in [0.15, 0.2) is 0 Å². The van der Waals surface area contributed by atoms with Gasteiger partial charge in [-0.1, -0.05) is 0 Å². The largest absolute Gasteiger partial charge is 0.345 e. The van der Waals surface area contributed by atoms with Crippen molar-refractivity contribution in [3.8, 4) is 0 Å². The van der Waals surface area contributed by atoms with E-state index in [1.165, 1.54) is 4.88 Å². The number of hydrogen-bond donors (Lipinski definition) is 0. The van der Waals surface area contributed by atoms with Crippen LogP contribution in [-0.2, 0) is 11.2 Å². The molecule has 1 saturated heterocycles. The fraction of sp³-hybridized carbons (Fsp3) is 0.765. The number of aromatic nitrogens is 1. The third-order valence-corrected chi connectivity index (χ3v) is 5.88. The molecule has 2 rings (SSSR count). The highest BCUT2D eigenvalue weighted by Crippen LogP contribution is 2.14. The Morgan fingerprint density at radius 2 is 2.09 bits per heavy atom. The molecule has 0 spiro atoms. The Bertz CT molecular complexity index is 497. The lowest BCUT2D eigenvalue weighted by atomic mass is 10.1. The molecule has 23 heavy (non-hydrogen) atoms. The van der Waals surface area contributed by atoms with Crippen LogP contribution in [0.3, 0.4) is 0 Å². The van der Waals surface area contributed by atoms with E-state index in [1.807, 2.05) is 24.4 Å². The van der Waals surface area contributed by atoms with Crippen molar-refractivity contribution in [3.63, 3.8) is 0 Å². The van der Waals surface area contributed by atoms with E-state index in [0.717, 1.165) is 51.3 Å². The van der Waals surface area contributed by atoms with Crippen LogP contribution in [0.5, 0.6) is 0 Å². The summed E-state index contributed by atoms with van der Waals surface area (Å²) < 4.78 is 0. The lowest BCUT2D eigenvalue weighted by molar-refractivity contribution is -0.130. The van der Waals surface area contributed by atoms with Gasteiger partial charge in [0.1, 0.15) is 0 Å². The molecule has 0 aliphatic carbocycles. The van der Waals surface area contributed by atoms with Crippen LogP contribution in [0.1, 0.15) is 30.3 Å². The number of amides is 1. The zero-order valence-corrected chi connectivity index (χ0v) is 15.7. The molecule has 1 amide bonds. The Kier molecular flexibility index (Phi) is 6.99. The Morgan fingerprint density at radius 3 is 2.70 bits per heavy atom. The zero-order chi connectivity index (χ0) is 16.8. The average Bonchev–Trinajstić information content (AvgIpc) is 2.95. The van der Waals surface area contributed by atoms with Crippen molar-refractivity contribution in [1.29, 1.82) is 0 Å². The average molecular weight is 339 g/mol. The van der Waals surface area contributed by atoms with Crippen LogP contribution in [0.2, 0.25) is 0 Å². The molecule has 0 saturated carbocycles. The van der Waals surface area contributed by atoms with Gasteiger partial charge in [0.05, 0.1) is 11.2 Å². The van der Waals surface area contributed by atoms with Gasteiger partial charge in [-0.2, -0.15) is 0 Å². The van der Waals surface area contributed by atoms with E-state index in [0.29, 0.717) is 12.5 Å². The predicted molar refractivity (Wildman–Crippen MR) is 96.0 cm³/mol. The van der Waals surface area contributed by atoms with Crippen molar-refractivity contribution in [3.05, 3.63) is 16.1 Å². The third kappa shape index (κ3) is 5.55. The number of carbonyl (C=O) groups excluding carboxylic acids is 1. The van der Waals surface area contributed by atoms with Gasteiger partial charge in [-0.15, -0.1) is 11.3 Å². The van der Waals surface area contributed by atoms with Gasteiger partial charge in [-0.05, 0) is 27.3 Å². The fourth-order valence-corrected chi connectivity index (χ4v) is 3.70. The summed E-state index contributed by atoms with van der Waals surface area (Å²) >= 11 is 1.68. The highest BCUT2D eigenvalue weighted by molar-refractivity contribution is 7.09. The molecule has 130 valence electrons. The first-order chi connectivity index (χ1) is 11.0. The van der Waals surface area contributed by atoms with Crippen molar-refractivity contribution < 1.29 is 4.79 Å². The van der Waals surface area contributed by atoms with Crippen LogP contribution < -0.4 is 0 Å². The lowest BCUT2D eigenvalue weighted by Gasteiger charge is -2.36. The first kappa shape index (κ1) is 18.4. The number of carbonyl (C=O) groups is 1. The number of aryl methyl sites for hydroxylation is 1. The second-order valence-corrected chi connectivity index (χ2v) is 7.59. The van der Waals surface area contributed by atoms with Gasteiger partial charge in [0.25, 0.3) is 0 Å². The molecule has 1 atom stereocenters. The van der Waals surface area contributed by atoms with Crippen molar-refractivity contribution in [2.45, 2.75) is 39.2 Å². The molecular formula is C17H30N4OS. The van der Waals surface area contributed by atoms with Gasteiger partial charge < -0.3 is 9.80 Å². The van der Waals surface area contributed by atoms with Gasteiger partial charge >= 0.3 is 0 Å². The van der Waals surface area contributed by atoms with Crippen LogP contribution in [-0.4, -0.2) is 78.5 Å². The van der Waals surface area contributed by atoms with Crippen molar-refractivity contribution in [2.24, 2.45) is 0 Å². The summed E-state index contributed by atoms with van der Waals surface area (Å²) in [5.74, 6) is 0.258. The molecule has 1 aliphatic heterocycles. The second-order valence-electron chi connectivity index (χ2n) is 6.65. The molecular weight excluding hydrogens is 308 g/mol. The van der Waals surface area contributed by atoms with Crippen LogP contribution in [0.15, 0.2) is 5.51 Å². The fourth-order valence-electron chi connectivity index (χ4n) is 2.93. The molecule has 6 heteroatoms. The SMILES string of the molecule is Cc1ncsc1CCN(C)C(=O)CC[C@H](C)N1CCN(C)CC1. The highest BCUT2D eigenvalue weighted by Gasteiger charge is 2.20. The van der Waals surface area contributed by atoms with E-state index in [2.05, 4.69) is 28.8 Å². The van der Waals surface area contributed by atoms with E-state index < -0.39 is 0 Å². The maximum absolute atomic E-state index is 12.3. The molecule has 0 N–H and O–H groups in total. The molecule has 0 aromatic carbocycles.